The van der Waals surface area contributed by atoms with Gasteiger partial charge in [0.05, 0.1) is 0 Å². The molecule has 0 amide bonds. The Balaban J connectivity index is 2.21. The molecule has 1 fully saturated rings. The van der Waals surface area contributed by atoms with E-state index in [4.69, 9.17) is 11.6 Å². The Hall–Kier alpha value is -0.490. The van der Waals surface area contributed by atoms with E-state index in [1.54, 1.807) is 0 Å². The Labute approximate surface area is 78.6 Å². The molecule has 1 saturated carbocycles. The number of benzene rings is 1. The largest absolute Gasteiger partial charge is 0.0843 e. The lowest BCUT2D eigenvalue weighted by atomic mass is 9.98. The van der Waals surface area contributed by atoms with Gasteiger partial charge in [-0.15, -0.1) is 0 Å². The Kier molecular flexibility index (Phi) is 2.36. The van der Waals surface area contributed by atoms with E-state index in [-0.39, 0.29) is 0 Å². The summed E-state index contributed by atoms with van der Waals surface area (Å²) in [6, 6.07) is 9.14. The van der Waals surface area contributed by atoms with Crippen molar-refractivity contribution >= 4 is 11.6 Å². The highest BCUT2D eigenvalue weighted by Gasteiger charge is 2.16. The molecule has 0 N–H and O–H groups in total. The highest BCUT2D eigenvalue weighted by molar-refractivity contribution is 6.30. The SMILES string of the molecule is Clc1cc[c]c(C2CCCC2)c1. The topological polar surface area (TPSA) is 0 Å². The molecule has 0 unspecified atom stereocenters. The van der Waals surface area contributed by atoms with E-state index in [0.717, 1.165) is 10.9 Å². The zero-order chi connectivity index (χ0) is 8.39. The number of rotatable bonds is 1. The van der Waals surface area contributed by atoms with Crippen molar-refractivity contribution in [1.29, 1.82) is 0 Å². The molecule has 1 heteroatoms. The van der Waals surface area contributed by atoms with Crippen molar-refractivity contribution in [1.82, 2.24) is 0 Å². The van der Waals surface area contributed by atoms with Gasteiger partial charge in [0.2, 0.25) is 0 Å². The van der Waals surface area contributed by atoms with Crippen molar-refractivity contribution in [2.24, 2.45) is 0 Å². The van der Waals surface area contributed by atoms with E-state index in [1.165, 1.54) is 31.2 Å². The van der Waals surface area contributed by atoms with Crippen LogP contribution in [0.1, 0.15) is 37.2 Å². The molecule has 0 spiro atoms. The molecule has 0 aliphatic heterocycles. The molecule has 1 aromatic carbocycles. The first-order valence-electron chi connectivity index (χ1n) is 4.53. The molecule has 63 valence electrons. The summed E-state index contributed by atoms with van der Waals surface area (Å²) in [5.41, 5.74) is 1.31. The number of hydrogen-bond acceptors (Lipinski definition) is 0. The van der Waals surface area contributed by atoms with E-state index >= 15 is 0 Å². The lowest BCUT2D eigenvalue weighted by molar-refractivity contribution is 0.722. The van der Waals surface area contributed by atoms with E-state index in [1.807, 2.05) is 12.1 Å². The van der Waals surface area contributed by atoms with Crippen LogP contribution in [0.4, 0.5) is 0 Å². The Bertz CT molecular complexity index is 261. The van der Waals surface area contributed by atoms with Gasteiger partial charge in [0, 0.05) is 5.02 Å². The maximum Gasteiger partial charge on any atom is 0.0409 e. The van der Waals surface area contributed by atoms with Crippen molar-refractivity contribution in [2.75, 3.05) is 0 Å². The predicted octanol–water partition coefficient (Wildman–Crippen LogP) is 3.80. The first-order chi connectivity index (χ1) is 5.86. The van der Waals surface area contributed by atoms with E-state index in [2.05, 4.69) is 12.1 Å². The highest BCUT2D eigenvalue weighted by Crippen LogP contribution is 2.34. The van der Waals surface area contributed by atoms with Crippen molar-refractivity contribution in [3.8, 4) is 0 Å². The van der Waals surface area contributed by atoms with Crippen molar-refractivity contribution in [2.45, 2.75) is 31.6 Å². The Morgan fingerprint density at radius 1 is 1.33 bits per heavy atom. The predicted molar refractivity (Wildman–Crippen MR) is 51.5 cm³/mol. The van der Waals surface area contributed by atoms with Crippen LogP contribution in [0.15, 0.2) is 18.2 Å². The third kappa shape index (κ3) is 1.64. The minimum Gasteiger partial charge on any atom is -0.0843 e. The molecule has 0 aromatic heterocycles. The van der Waals surface area contributed by atoms with Gasteiger partial charge in [-0.05, 0) is 42.5 Å². The summed E-state index contributed by atoms with van der Waals surface area (Å²) in [6.45, 7) is 0. The van der Waals surface area contributed by atoms with Gasteiger partial charge in [0.25, 0.3) is 0 Å². The third-order valence-electron chi connectivity index (χ3n) is 2.58. The van der Waals surface area contributed by atoms with Crippen LogP contribution in [-0.4, -0.2) is 0 Å². The Morgan fingerprint density at radius 3 is 2.75 bits per heavy atom. The van der Waals surface area contributed by atoms with Crippen LogP contribution in [0.3, 0.4) is 0 Å². The molecule has 1 aromatic rings. The molecule has 12 heavy (non-hydrogen) atoms. The summed E-state index contributed by atoms with van der Waals surface area (Å²) in [5.74, 6) is 0.726. The minimum absolute atomic E-state index is 0.726. The molecule has 0 atom stereocenters. The maximum atomic E-state index is 5.90. The molecule has 0 heterocycles. The van der Waals surface area contributed by atoms with Gasteiger partial charge in [-0.25, -0.2) is 0 Å². The van der Waals surface area contributed by atoms with Gasteiger partial charge >= 0.3 is 0 Å². The monoisotopic (exact) mass is 179 g/mol. The first-order valence-corrected chi connectivity index (χ1v) is 4.91. The number of halogens is 1. The molecule has 0 bridgehead atoms. The van der Waals surface area contributed by atoms with Crippen LogP contribution in [0.25, 0.3) is 0 Å². The van der Waals surface area contributed by atoms with Gasteiger partial charge < -0.3 is 0 Å². The summed E-state index contributed by atoms with van der Waals surface area (Å²) in [4.78, 5) is 0. The fourth-order valence-corrected chi connectivity index (χ4v) is 2.11. The number of hydrogen-bond donors (Lipinski definition) is 0. The third-order valence-corrected chi connectivity index (χ3v) is 2.82. The molecule has 0 nitrogen and oxygen atoms in total. The first kappa shape index (κ1) is 8.12. The zero-order valence-electron chi connectivity index (χ0n) is 7.02. The molecule has 0 saturated heterocycles. The molecular formula is C11H12Cl. The van der Waals surface area contributed by atoms with Gasteiger partial charge in [0.1, 0.15) is 0 Å². The highest BCUT2D eigenvalue weighted by atomic mass is 35.5. The Morgan fingerprint density at radius 2 is 2.08 bits per heavy atom. The maximum absolute atomic E-state index is 5.90. The van der Waals surface area contributed by atoms with Gasteiger partial charge in [0.15, 0.2) is 0 Å². The second kappa shape index (κ2) is 3.49. The average Bonchev–Trinajstić information content (AvgIpc) is 2.56. The van der Waals surface area contributed by atoms with Crippen LogP contribution in [-0.2, 0) is 0 Å². The fraction of sp³-hybridized carbons (Fsp3) is 0.455. The zero-order valence-corrected chi connectivity index (χ0v) is 7.77. The lowest BCUT2D eigenvalue weighted by Gasteiger charge is -2.08. The summed E-state index contributed by atoms with van der Waals surface area (Å²) < 4.78 is 0. The lowest BCUT2D eigenvalue weighted by Crippen LogP contribution is -1.91. The standard InChI is InChI=1S/C11H12Cl/c12-11-7-3-6-10(8-11)9-4-1-2-5-9/h3,7-9H,1-2,4-5H2. The average molecular weight is 180 g/mol. The van der Waals surface area contributed by atoms with Crippen molar-refractivity contribution in [3.63, 3.8) is 0 Å². The van der Waals surface area contributed by atoms with Crippen LogP contribution in [0, 0.1) is 6.07 Å². The normalized spacial score (nSPS) is 18.4. The van der Waals surface area contributed by atoms with Gasteiger partial charge in [-0.2, -0.15) is 0 Å². The molecular weight excluding hydrogens is 168 g/mol. The molecule has 1 aliphatic carbocycles. The summed E-state index contributed by atoms with van der Waals surface area (Å²) >= 11 is 5.90. The van der Waals surface area contributed by atoms with Gasteiger partial charge in [-0.1, -0.05) is 30.5 Å². The smallest absolute Gasteiger partial charge is 0.0409 e. The summed E-state index contributed by atoms with van der Waals surface area (Å²) in [5, 5.41) is 0.843. The van der Waals surface area contributed by atoms with Crippen molar-refractivity contribution < 1.29 is 0 Å². The molecule has 2 rings (SSSR count). The quantitative estimate of drug-likeness (QED) is 0.615. The second-order valence-corrected chi connectivity index (χ2v) is 3.88. The van der Waals surface area contributed by atoms with E-state index in [9.17, 15) is 0 Å². The van der Waals surface area contributed by atoms with Crippen LogP contribution >= 0.6 is 11.6 Å². The summed E-state index contributed by atoms with van der Waals surface area (Å²) in [6.07, 6.45) is 5.36. The molecule has 1 aliphatic rings. The van der Waals surface area contributed by atoms with E-state index in [0.29, 0.717) is 0 Å². The van der Waals surface area contributed by atoms with Crippen LogP contribution < -0.4 is 0 Å². The van der Waals surface area contributed by atoms with E-state index < -0.39 is 0 Å². The van der Waals surface area contributed by atoms with Crippen molar-refractivity contribution in [3.05, 3.63) is 34.9 Å². The second-order valence-electron chi connectivity index (χ2n) is 3.44. The molecule has 1 radical (unpaired) electrons. The van der Waals surface area contributed by atoms with Crippen LogP contribution in [0.5, 0.6) is 0 Å². The summed E-state index contributed by atoms with van der Waals surface area (Å²) in [7, 11) is 0. The van der Waals surface area contributed by atoms with Crippen LogP contribution in [0.2, 0.25) is 5.02 Å². The fourth-order valence-electron chi connectivity index (χ4n) is 1.93. The minimum atomic E-state index is 0.726. The van der Waals surface area contributed by atoms with Gasteiger partial charge in [-0.3, -0.25) is 0 Å².